The summed E-state index contributed by atoms with van der Waals surface area (Å²) in [6.45, 7) is 2.11. The normalized spacial score (nSPS) is 10.7. The SMILES string of the molecule is COCCOCCOCC(=O)c1ccn(C)c1. The fraction of sp³-hybridized carbons (Fsp3) is 0.583. The molecule has 0 fully saturated rings. The van der Waals surface area contributed by atoms with E-state index in [1.54, 1.807) is 19.4 Å². The topological polar surface area (TPSA) is 49.7 Å². The van der Waals surface area contributed by atoms with Crippen LogP contribution in [0.15, 0.2) is 18.5 Å². The number of carbonyl (C=O) groups excluding carboxylic acids is 1. The average molecular weight is 241 g/mol. The number of ketones is 1. The van der Waals surface area contributed by atoms with Crippen molar-refractivity contribution in [2.75, 3.05) is 40.1 Å². The summed E-state index contributed by atoms with van der Waals surface area (Å²) in [4.78, 5) is 11.6. The van der Waals surface area contributed by atoms with Crippen molar-refractivity contribution in [3.63, 3.8) is 0 Å². The van der Waals surface area contributed by atoms with Crippen LogP contribution in [0.2, 0.25) is 0 Å². The van der Waals surface area contributed by atoms with Gasteiger partial charge in [-0.15, -0.1) is 0 Å². The van der Waals surface area contributed by atoms with E-state index in [-0.39, 0.29) is 12.4 Å². The van der Waals surface area contributed by atoms with Crippen LogP contribution in [0.5, 0.6) is 0 Å². The minimum Gasteiger partial charge on any atom is -0.382 e. The Morgan fingerprint density at radius 3 is 2.59 bits per heavy atom. The lowest BCUT2D eigenvalue weighted by Crippen LogP contribution is -2.13. The van der Waals surface area contributed by atoms with Crippen molar-refractivity contribution in [3.8, 4) is 0 Å². The highest BCUT2D eigenvalue weighted by Gasteiger charge is 2.06. The van der Waals surface area contributed by atoms with Crippen molar-refractivity contribution in [1.82, 2.24) is 4.57 Å². The van der Waals surface area contributed by atoms with E-state index in [1.165, 1.54) is 0 Å². The molecule has 1 aromatic rings. The molecular weight excluding hydrogens is 222 g/mol. The molecule has 0 amide bonds. The second kappa shape index (κ2) is 8.00. The lowest BCUT2D eigenvalue weighted by molar-refractivity contribution is 0.0253. The Morgan fingerprint density at radius 2 is 1.94 bits per heavy atom. The summed E-state index contributed by atoms with van der Waals surface area (Å²) < 4.78 is 17.1. The molecule has 0 aliphatic carbocycles. The molecule has 0 aliphatic heterocycles. The lowest BCUT2D eigenvalue weighted by Gasteiger charge is -2.04. The lowest BCUT2D eigenvalue weighted by atomic mass is 10.2. The Balaban J connectivity index is 2.05. The zero-order chi connectivity index (χ0) is 12.5. The smallest absolute Gasteiger partial charge is 0.189 e. The van der Waals surface area contributed by atoms with Gasteiger partial charge in [0.1, 0.15) is 6.61 Å². The van der Waals surface area contributed by atoms with E-state index < -0.39 is 0 Å². The van der Waals surface area contributed by atoms with Gasteiger partial charge in [-0.1, -0.05) is 0 Å². The number of methoxy groups -OCH3 is 1. The fourth-order valence-electron chi connectivity index (χ4n) is 1.28. The monoisotopic (exact) mass is 241 g/mol. The molecule has 0 aromatic carbocycles. The minimum absolute atomic E-state index is 0.0116. The van der Waals surface area contributed by atoms with Gasteiger partial charge in [-0.25, -0.2) is 0 Å². The van der Waals surface area contributed by atoms with E-state index >= 15 is 0 Å². The van der Waals surface area contributed by atoms with Crippen molar-refractivity contribution in [3.05, 3.63) is 24.0 Å². The third-order valence-corrected chi connectivity index (χ3v) is 2.19. The van der Waals surface area contributed by atoms with Crippen molar-refractivity contribution < 1.29 is 19.0 Å². The molecule has 0 radical (unpaired) electrons. The van der Waals surface area contributed by atoms with Gasteiger partial charge in [0.15, 0.2) is 5.78 Å². The molecular formula is C12H19NO4. The Morgan fingerprint density at radius 1 is 1.24 bits per heavy atom. The number of aromatic nitrogens is 1. The molecule has 1 aromatic heterocycles. The van der Waals surface area contributed by atoms with E-state index in [4.69, 9.17) is 14.2 Å². The second-order valence-electron chi connectivity index (χ2n) is 3.65. The van der Waals surface area contributed by atoms with Gasteiger partial charge in [-0.05, 0) is 6.07 Å². The van der Waals surface area contributed by atoms with Crippen LogP contribution in [0.3, 0.4) is 0 Å². The van der Waals surface area contributed by atoms with E-state index in [9.17, 15) is 4.79 Å². The molecule has 5 nitrogen and oxygen atoms in total. The standard InChI is InChI=1S/C12H19NO4/c1-13-4-3-11(9-13)12(14)10-17-8-7-16-6-5-15-2/h3-4,9H,5-8,10H2,1-2H3. The van der Waals surface area contributed by atoms with Crippen LogP contribution >= 0.6 is 0 Å². The summed E-state index contributed by atoms with van der Waals surface area (Å²) in [5.41, 5.74) is 0.674. The first-order valence-corrected chi connectivity index (χ1v) is 5.53. The van der Waals surface area contributed by atoms with Crippen LogP contribution in [0.25, 0.3) is 0 Å². The Bertz CT molecular complexity index is 335. The Kier molecular flexibility index (Phi) is 6.54. The molecule has 0 aliphatic rings. The first kappa shape index (κ1) is 13.9. The predicted octanol–water partition coefficient (Wildman–Crippen LogP) is 0.887. The van der Waals surface area contributed by atoms with E-state index in [0.29, 0.717) is 32.0 Å². The van der Waals surface area contributed by atoms with Crippen LogP contribution in [0, 0.1) is 0 Å². The average Bonchev–Trinajstić information content (AvgIpc) is 2.74. The van der Waals surface area contributed by atoms with Crippen molar-refractivity contribution in [2.45, 2.75) is 0 Å². The van der Waals surface area contributed by atoms with Gasteiger partial charge in [-0.3, -0.25) is 4.79 Å². The number of ether oxygens (including phenoxy) is 3. The molecule has 0 bridgehead atoms. The summed E-state index contributed by atoms with van der Waals surface area (Å²) in [6.07, 6.45) is 3.61. The van der Waals surface area contributed by atoms with Crippen LogP contribution in [0.4, 0.5) is 0 Å². The zero-order valence-corrected chi connectivity index (χ0v) is 10.3. The summed E-state index contributed by atoms with van der Waals surface area (Å²) in [7, 11) is 3.50. The summed E-state index contributed by atoms with van der Waals surface area (Å²) in [5, 5.41) is 0. The quantitative estimate of drug-likeness (QED) is 0.476. The molecule has 0 unspecified atom stereocenters. The number of hydrogen-bond acceptors (Lipinski definition) is 4. The van der Waals surface area contributed by atoms with Gasteiger partial charge in [0.2, 0.25) is 0 Å². The third-order valence-electron chi connectivity index (χ3n) is 2.19. The highest BCUT2D eigenvalue weighted by molar-refractivity contribution is 5.96. The summed E-state index contributed by atoms with van der Waals surface area (Å²) in [6, 6.07) is 1.78. The second-order valence-corrected chi connectivity index (χ2v) is 3.65. The van der Waals surface area contributed by atoms with Gasteiger partial charge < -0.3 is 18.8 Å². The maximum atomic E-state index is 11.6. The number of carbonyl (C=O) groups is 1. The van der Waals surface area contributed by atoms with Crippen LogP contribution in [-0.4, -0.2) is 50.5 Å². The first-order valence-electron chi connectivity index (χ1n) is 5.53. The number of aryl methyl sites for hydroxylation is 1. The summed E-state index contributed by atoms with van der Waals surface area (Å²) in [5.74, 6) is -0.0116. The first-order chi connectivity index (χ1) is 8.24. The van der Waals surface area contributed by atoms with E-state index in [0.717, 1.165) is 0 Å². The van der Waals surface area contributed by atoms with Crippen molar-refractivity contribution >= 4 is 5.78 Å². The molecule has 1 heterocycles. The molecule has 0 saturated carbocycles. The van der Waals surface area contributed by atoms with Crippen molar-refractivity contribution in [2.24, 2.45) is 7.05 Å². The zero-order valence-electron chi connectivity index (χ0n) is 10.3. The molecule has 5 heteroatoms. The highest BCUT2D eigenvalue weighted by atomic mass is 16.5. The van der Waals surface area contributed by atoms with Gasteiger partial charge in [0.05, 0.1) is 26.4 Å². The molecule has 96 valence electrons. The molecule has 0 atom stereocenters. The van der Waals surface area contributed by atoms with Gasteiger partial charge in [0.25, 0.3) is 0 Å². The number of rotatable bonds is 9. The Hall–Kier alpha value is -1.17. The number of Topliss-reactive ketones (excluding diaryl/α,β-unsaturated/α-hetero) is 1. The molecule has 0 spiro atoms. The van der Waals surface area contributed by atoms with Crippen LogP contribution in [0.1, 0.15) is 10.4 Å². The fourth-order valence-corrected chi connectivity index (χ4v) is 1.28. The molecule has 0 saturated heterocycles. The van der Waals surface area contributed by atoms with Gasteiger partial charge >= 0.3 is 0 Å². The van der Waals surface area contributed by atoms with Gasteiger partial charge in [0, 0.05) is 32.1 Å². The van der Waals surface area contributed by atoms with Crippen molar-refractivity contribution in [1.29, 1.82) is 0 Å². The Labute approximate surface area is 101 Å². The van der Waals surface area contributed by atoms with E-state index in [1.807, 2.05) is 17.8 Å². The molecule has 0 N–H and O–H groups in total. The highest BCUT2D eigenvalue weighted by Crippen LogP contribution is 2.01. The minimum atomic E-state index is -0.0116. The summed E-state index contributed by atoms with van der Waals surface area (Å²) >= 11 is 0. The van der Waals surface area contributed by atoms with Gasteiger partial charge in [-0.2, -0.15) is 0 Å². The predicted molar refractivity (Wildman–Crippen MR) is 63.3 cm³/mol. The number of hydrogen-bond donors (Lipinski definition) is 0. The van der Waals surface area contributed by atoms with E-state index in [2.05, 4.69) is 0 Å². The number of nitrogens with zero attached hydrogens (tertiary/aromatic N) is 1. The molecule has 1 rings (SSSR count). The third kappa shape index (κ3) is 5.63. The van der Waals surface area contributed by atoms with Crippen LogP contribution in [-0.2, 0) is 21.3 Å². The maximum Gasteiger partial charge on any atom is 0.189 e. The maximum absolute atomic E-state index is 11.6. The van der Waals surface area contributed by atoms with Crippen LogP contribution < -0.4 is 0 Å². The molecule has 17 heavy (non-hydrogen) atoms. The largest absolute Gasteiger partial charge is 0.382 e.